The van der Waals surface area contributed by atoms with Crippen LogP contribution in [-0.2, 0) is 9.47 Å². The van der Waals surface area contributed by atoms with E-state index in [9.17, 15) is 9.59 Å². The van der Waals surface area contributed by atoms with E-state index in [4.69, 9.17) is 9.47 Å². The molecule has 0 unspecified atom stereocenters. The zero-order chi connectivity index (χ0) is 18.4. The quantitative estimate of drug-likeness (QED) is 0.805. The third kappa shape index (κ3) is 4.40. The predicted molar refractivity (Wildman–Crippen MR) is 96.6 cm³/mol. The molecular weight excluding hydrogens is 334 g/mol. The fraction of sp³-hybridized carbons (Fsp3) is 0.300. The van der Waals surface area contributed by atoms with E-state index in [2.05, 4.69) is 10.1 Å². The van der Waals surface area contributed by atoms with Crippen LogP contribution in [0.4, 0.5) is 5.69 Å². The van der Waals surface area contributed by atoms with Crippen LogP contribution in [0.5, 0.6) is 5.75 Å². The van der Waals surface area contributed by atoms with Gasteiger partial charge < -0.3 is 19.5 Å². The third-order valence-electron chi connectivity index (χ3n) is 4.15. The molecular formula is C20H21NO5. The van der Waals surface area contributed by atoms with E-state index >= 15 is 0 Å². The van der Waals surface area contributed by atoms with Gasteiger partial charge in [-0.1, -0.05) is 12.1 Å². The molecule has 1 heterocycles. The maximum absolute atomic E-state index is 12.5. The van der Waals surface area contributed by atoms with E-state index in [0.717, 1.165) is 19.4 Å². The minimum atomic E-state index is -0.440. The molecule has 2 aromatic rings. The van der Waals surface area contributed by atoms with Crippen LogP contribution < -0.4 is 10.1 Å². The first-order valence-corrected chi connectivity index (χ1v) is 8.50. The molecule has 1 aliphatic heterocycles. The van der Waals surface area contributed by atoms with Crippen LogP contribution in [0.3, 0.4) is 0 Å². The lowest BCUT2D eigenvalue weighted by Gasteiger charge is -2.15. The summed E-state index contributed by atoms with van der Waals surface area (Å²) in [5.41, 5.74) is 1.42. The van der Waals surface area contributed by atoms with E-state index in [0.29, 0.717) is 29.2 Å². The normalized spacial score (nSPS) is 16.1. The molecule has 2 aromatic carbocycles. The Kier molecular flexibility index (Phi) is 5.86. The number of hydrogen-bond donors (Lipinski definition) is 1. The largest absolute Gasteiger partial charge is 0.489 e. The second-order valence-corrected chi connectivity index (χ2v) is 5.97. The summed E-state index contributed by atoms with van der Waals surface area (Å²) >= 11 is 0. The Hall–Kier alpha value is -2.86. The average molecular weight is 355 g/mol. The van der Waals surface area contributed by atoms with Gasteiger partial charge in [0.1, 0.15) is 12.4 Å². The number of esters is 1. The fourth-order valence-corrected chi connectivity index (χ4v) is 2.72. The van der Waals surface area contributed by atoms with Gasteiger partial charge in [0.15, 0.2) is 0 Å². The van der Waals surface area contributed by atoms with E-state index in [1.807, 2.05) is 18.2 Å². The molecule has 0 saturated carbocycles. The molecule has 6 nitrogen and oxygen atoms in total. The van der Waals surface area contributed by atoms with Gasteiger partial charge in [-0.25, -0.2) is 4.79 Å². The SMILES string of the molecule is COC(=O)c1ccc(C(=O)Nc2ccccc2OC[C@H]2CCCO2)cc1. The van der Waals surface area contributed by atoms with Crippen molar-refractivity contribution in [1.29, 1.82) is 0 Å². The van der Waals surface area contributed by atoms with Gasteiger partial charge in [0.2, 0.25) is 0 Å². The van der Waals surface area contributed by atoms with Crippen molar-refractivity contribution in [1.82, 2.24) is 0 Å². The van der Waals surface area contributed by atoms with E-state index in [-0.39, 0.29) is 12.0 Å². The number of carbonyl (C=O) groups is 2. The topological polar surface area (TPSA) is 73.9 Å². The predicted octanol–water partition coefficient (Wildman–Crippen LogP) is 3.28. The summed E-state index contributed by atoms with van der Waals surface area (Å²) in [5, 5.41) is 2.84. The Bertz CT molecular complexity index is 766. The molecule has 26 heavy (non-hydrogen) atoms. The number of benzene rings is 2. The van der Waals surface area contributed by atoms with Crippen molar-refractivity contribution >= 4 is 17.6 Å². The number of methoxy groups -OCH3 is 1. The molecule has 1 aliphatic rings. The molecule has 0 radical (unpaired) electrons. The van der Waals surface area contributed by atoms with Crippen molar-refractivity contribution in [2.75, 3.05) is 25.6 Å². The molecule has 1 amide bonds. The molecule has 0 aliphatic carbocycles. The number of para-hydroxylation sites is 2. The summed E-state index contributed by atoms with van der Waals surface area (Å²) in [6.45, 7) is 1.23. The van der Waals surface area contributed by atoms with E-state index in [1.54, 1.807) is 30.3 Å². The van der Waals surface area contributed by atoms with Crippen LogP contribution in [-0.4, -0.2) is 38.3 Å². The fourth-order valence-electron chi connectivity index (χ4n) is 2.72. The minimum Gasteiger partial charge on any atom is -0.489 e. The van der Waals surface area contributed by atoms with Gasteiger partial charge in [0.05, 0.1) is 24.5 Å². The summed E-state index contributed by atoms with van der Waals surface area (Å²) < 4.78 is 16.0. The van der Waals surface area contributed by atoms with Gasteiger partial charge in [0, 0.05) is 12.2 Å². The zero-order valence-electron chi connectivity index (χ0n) is 14.6. The van der Waals surface area contributed by atoms with Gasteiger partial charge in [-0.05, 0) is 49.2 Å². The monoisotopic (exact) mass is 355 g/mol. The van der Waals surface area contributed by atoms with Gasteiger partial charge >= 0.3 is 5.97 Å². The summed E-state index contributed by atoms with van der Waals surface area (Å²) in [6.07, 6.45) is 2.14. The first kappa shape index (κ1) is 17.9. The van der Waals surface area contributed by atoms with Gasteiger partial charge in [-0.15, -0.1) is 0 Å². The number of nitrogens with one attached hydrogen (secondary N) is 1. The Balaban J connectivity index is 1.66. The Labute approximate surface area is 152 Å². The van der Waals surface area contributed by atoms with Crippen LogP contribution in [0.15, 0.2) is 48.5 Å². The van der Waals surface area contributed by atoms with Crippen molar-refractivity contribution < 1.29 is 23.8 Å². The molecule has 6 heteroatoms. The van der Waals surface area contributed by atoms with Crippen LogP contribution >= 0.6 is 0 Å². The molecule has 0 spiro atoms. The maximum Gasteiger partial charge on any atom is 0.337 e. The summed E-state index contributed by atoms with van der Waals surface area (Å²) in [6, 6.07) is 13.5. The smallest absolute Gasteiger partial charge is 0.337 e. The van der Waals surface area contributed by atoms with Gasteiger partial charge in [-0.2, -0.15) is 0 Å². The van der Waals surface area contributed by atoms with Crippen LogP contribution in [0.25, 0.3) is 0 Å². The standard InChI is InChI=1S/C20H21NO5/c1-24-20(23)15-10-8-14(9-11-15)19(22)21-17-6-2-3-7-18(17)26-13-16-5-4-12-25-16/h2-3,6-11,16H,4-5,12-13H2,1H3,(H,21,22)/t16-/m1/s1. The van der Waals surface area contributed by atoms with Crippen molar-refractivity contribution in [2.24, 2.45) is 0 Å². The zero-order valence-corrected chi connectivity index (χ0v) is 14.6. The molecule has 1 N–H and O–H groups in total. The summed E-state index contributed by atoms with van der Waals surface area (Å²) in [4.78, 5) is 23.9. The maximum atomic E-state index is 12.5. The Morgan fingerprint density at radius 2 is 1.85 bits per heavy atom. The van der Waals surface area contributed by atoms with E-state index < -0.39 is 5.97 Å². The highest BCUT2D eigenvalue weighted by atomic mass is 16.5. The summed E-state index contributed by atoms with van der Waals surface area (Å²) in [7, 11) is 1.32. The van der Waals surface area contributed by atoms with Crippen molar-refractivity contribution in [3.63, 3.8) is 0 Å². The number of amides is 1. The van der Waals surface area contributed by atoms with Crippen LogP contribution in [0, 0.1) is 0 Å². The molecule has 136 valence electrons. The minimum absolute atomic E-state index is 0.102. The van der Waals surface area contributed by atoms with E-state index in [1.165, 1.54) is 7.11 Å². The number of hydrogen-bond acceptors (Lipinski definition) is 5. The highest BCUT2D eigenvalue weighted by molar-refractivity contribution is 6.05. The van der Waals surface area contributed by atoms with Crippen molar-refractivity contribution in [3.8, 4) is 5.75 Å². The molecule has 1 fully saturated rings. The highest BCUT2D eigenvalue weighted by Gasteiger charge is 2.17. The number of ether oxygens (including phenoxy) is 3. The van der Waals surface area contributed by atoms with Crippen molar-refractivity contribution in [3.05, 3.63) is 59.7 Å². The summed E-state index contributed by atoms with van der Waals surface area (Å²) in [5.74, 6) is -0.123. The number of carbonyl (C=O) groups excluding carboxylic acids is 2. The molecule has 3 rings (SSSR count). The second-order valence-electron chi connectivity index (χ2n) is 5.97. The molecule has 1 saturated heterocycles. The molecule has 0 bridgehead atoms. The first-order chi connectivity index (χ1) is 12.7. The molecule has 0 aromatic heterocycles. The lowest BCUT2D eigenvalue weighted by atomic mass is 10.1. The lowest BCUT2D eigenvalue weighted by Crippen LogP contribution is -2.18. The number of rotatable bonds is 6. The molecule has 1 atom stereocenters. The second kappa shape index (κ2) is 8.49. The third-order valence-corrected chi connectivity index (χ3v) is 4.15. The van der Waals surface area contributed by atoms with Gasteiger partial charge in [0.25, 0.3) is 5.91 Å². The lowest BCUT2D eigenvalue weighted by molar-refractivity contribution is 0.0600. The highest BCUT2D eigenvalue weighted by Crippen LogP contribution is 2.25. The Morgan fingerprint density at radius 3 is 2.54 bits per heavy atom. The first-order valence-electron chi connectivity index (χ1n) is 8.50. The van der Waals surface area contributed by atoms with Crippen molar-refractivity contribution in [2.45, 2.75) is 18.9 Å². The average Bonchev–Trinajstić information content (AvgIpc) is 3.20. The Morgan fingerprint density at radius 1 is 1.12 bits per heavy atom. The van der Waals surface area contributed by atoms with Crippen LogP contribution in [0.1, 0.15) is 33.6 Å². The van der Waals surface area contributed by atoms with Crippen LogP contribution in [0.2, 0.25) is 0 Å². The number of anilines is 1. The van der Waals surface area contributed by atoms with Gasteiger partial charge in [-0.3, -0.25) is 4.79 Å².